The van der Waals surface area contributed by atoms with Crippen molar-refractivity contribution in [2.24, 2.45) is 0 Å². The van der Waals surface area contributed by atoms with Gasteiger partial charge in [0, 0.05) is 24.1 Å². The summed E-state index contributed by atoms with van der Waals surface area (Å²) < 4.78 is 0. The fourth-order valence-corrected chi connectivity index (χ4v) is 3.13. The summed E-state index contributed by atoms with van der Waals surface area (Å²) in [7, 11) is 0. The number of aromatic nitrogens is 2. The Morgan fingerprint density at radius 3 is 2.80 bits per heavy atom. The lowest BCUT2D eigenvalue weighted by Crippen LogP contribution is -2.35. The first-order valence-corrected chi connectivity index (χ1v) is 8.08. The molecule has 1 saturated carbocycles. The fourth-order valence-electron chi connectivity index (χ4n) is 2.96. The third-order valence-electron chi connectivity index (χ3n) is 4.46. The van der Waals surface area contributed by atoms with Crippen LogP contribution in [0, 0.1) is 6.92 Å². The number of anilines is 1. The van der Waals surface area contributed by atoms with Crippen LogP contribution in [-0.2, 0) is 0 Å². The molecule has 1 saturated heterocycles. The van der Waals surface area contributed by atoms with Gasteiger partial charge in [-0.1, -0.05) is 18.5 Å². The normalized spacial score (nSPS) is 23.2. The van der Waals surface area contributed by atoms with Crippen LogP contribution in [0.1, 0.15) is 49.9 Å². The van der Waals surface area contributed by atoms with E-state index in [4.69, 9.17) is 11.6 Å². The van der Waals surface area contributed by atoms with Crippen molar-refractivity contribution < 1.29 is 0 Å². The molecule has 2 fully saturated rings. The zero-order valence-corrected chi connectivity index (χ0v) is 13.1. The van der Waals surface area contributed by atoms with Crippen LogP contribution in [0.5, 0.6) is 0 Å². The summed E-state index contributed by atoms with van der Waals surface area (Å²) in [5.74, 6) is 2.38. The van der Waals surface area contributed by atoms with E-state index in [1.54, 1.807) is 0 Å². The van der Waals surface area contributed by atoms with Gasteiger partial charge in [-0.15, -0.1) is 0 Å². The summed E-state index contributed by atoms with van der Waals surface area (Å²) in [6.07, 6.45) is 4.97. The summed E-state index contributed by atoms with van der Waals surface area (Å²) in [6, 6.07) is 0.623. The van der Waals surface area contributed by atoms with Gasteiger partial charge in [-0.3, -0.25) is 4.90 Å². The van der Waals surface area contributed by atoms with Gasteiger partial charge in [0.2, 0.25) is 0 Å². The molecule has 3 rings (SSSR count). The molecule has 110 valence electrons. The van der Waals surface area contributed by atoms with Gasteiger partial charge in [0.25, 0.3) is 0 Å². The van der Waals surface area contributed by atoms with E-state index < -0.39 is 0 Å². The number of hydrogen-bond donors (Lipinski definition) is 1. The summed E-state index contributed by atoms with van der Waals surface area (Å²) in [4.78, 5) is 11.6. The Balaban J connectivity index is 1.70. The second-order valence-corrected chi connectivity index (χ2v) is 6.28. The Morgan fingerprint density at radius 1 is 1.30 bits per heavy atom. The Bertz CT molecular complexity index is 487. The molecule has 1 N–H and O–H groups in total. The second kappa shape index (κ2) is 5.86. The Kier molecular flexibility index (Phi) is 4.13. The van der Waals surface area contributed by atoms with Crippen molar-refractivity contribution in [1.82, 2.24) is 14.9 Å². The number of halogens is 1. The molecule has 2 aliphatic rings. The van der Waals surface area contributed by atoms with Gasteiger partial charge in [0.1, 0.15) is 16.8 Å². The maximum absolute atomic E-state index is 6.24. The highest BCUT2D eigenvalue weighted by atomic mass is 35.5. The van der Waals surface area contributed by atoms with Gasteiger partial charge in [-0.05, 0) is 45.7 Å². The molecule has 1 unspecified atom stereocenters. The van der Waals surface area contributed by atoms with Crippen LogP contribution >= 0.6 is 11.6 Å². The Labute approximate surface area is 125 Å². The molecule has 1 aliphatic heterocycles. The third-order valence-corrected chi connectivity index (χ3v) is 4.82. The van der Waals surface area contributed by atoms with Crippen molar-refractivity contribution in [3.63, 3.8) is 0 Å². The highest BCUT2D eigenvalue weighted by Crippen LogP contribution is 2.39. The standard InChI is InChI=1S/C15H23ClN4/c1-3-20-8-4-5-12(20)9-17-14-10(2)13(16)18-15(19-14)11-6-7-11/h11-12H,3-9H2,1-2H3,(H,17,18,19). The molecule has 0 spiro atoms. The average Bonchev–Trinajstić information content (AvgIpc) is 3.19. The molecule has 4 nitrogen and oxygen atoms in total. The zero-order chi connectivity index (χ0) is 14.1. The number of hydrogen-bond acceptors (Lipinski definition) is 4. The van der Waals surface area contributed by atoms with E-state index >= 15 is 0 Å². The van der Waals surface area contributed by atoms with Crippen molar-refractivity contribution in [3.8, 4) is 0 Å². The van der Waals surface area contributed by atoms with Gasteiger partial charge >= 0.3 is 0 Å². The molecular formula is C15H23ClN4. The second-order valence-electron chi connectivity index (χ2n) is 5.93. The smallest absolute Gasteiger partial charge is 0.137 e. The van der Waals surface area contributed by atoms with Crippen molar-refractivity contribution >= 4 is 17.4 Å². The van der Waals surface area contributed by atoms with Gasteiger partial charge < -0.3 is 5.32 Å². The van der Waals surface area contributed by atoms with Crippen LogP contribution < -0.4 is 5.32 Å². The van der Waals surface area contributed by atoms with Crippen LogP contribution in [0.3, 0.4) is 0 Å². The molecule has 0 aromatic carbocycles. The van der Waals surface area contributed by atoms with Crippen LogP contribution in [-0.4, -0.2) is 40.5 Å². The monoisotopic (exact) mass is 294 g/mol. The predicted octanol–water partition coefficient (Wildman–Crippen LogP) is 3.21. The molecule has 0 radical (unpaired) electrons. The molecule has 20 heavy (non-hydrogen) atoms. The first-order valence-electron chi connectivity index (χ1n) is 7.71. The number of rotatable bonds is 5. The average molecular weight is 295 g/mol. The number of nitrogens with zero attached hydrogens (tertiary/aromatic N) is 3. The molecular weight excluding hydrogens is 272 g/mol. The first kappa shape index (κ1) is 14.1. The van der Waals surface area contributed by atoms with Crippen LogP contribution in [0.25, 0.3) is 0 Å². The number of likely N-dealkylation sites (tertiary alicyclic amines) is 1. The van der Waals surface area contributed by atoms with Gasteiger partial charge in [-0.25, -0.2) is 9.97 Å². The van der Waals surface area contributed by atoms with E-state index in [2.05, 4.69) is 27.1 Å². The molecule has 5 heteroatoms. The van der Waals surface area contributed by atoms with Crippen molar-refractivity contribution in [2.75, 3.05) is 25.0 Å². The first-order chi connectivity index (χ1) is 9.69. The van der Waals surface area contributed by atoms with Crippen molar-refractivity contribution in [1.29, 1.82) is 0 Å². The highest BCUT2D eigenvalue weighted by Gasteiger charge is 2.28. The van der Waals surface area contributed by atoms with Crippen LogP contribution in [0.4, 0.5) is 5.82 Å². The summed E-state index contributed by atoms with van der Waals surface area (Å²) in [5, 5.41) is 4.11. The maximum Gasteiger partial charge on any atom is 0.137 e. The van der Waals surface area contributed by atoms with E-state index in [1.807, 2.05) is 6.92 Å². The van der Waals surface area contributed by atoms with Crippen molar-refractivity contribution in [3.05, 3.63) is 16.5 Å². The lowest BCUT2D eigenvalue weighted by molar-refractivity contribution is 0.277. The largest absolute Gasteiger partial charge is 0.368 e. The SMILES string of the molecule is CCN1CCCC1CNc1nc(C2CC2)nc(Cl)c1C. The van der Waals surface area contributed by atoms with Crippen LogP contribution in [0.15, 0.2) is 0 Å². The van der Waals surface area contributed by atoms with E-state index in [-0.39, 0.29) is 0 Å². The lowest BCUT2D eigenvalue weighted by atomic mass is 10.2. The Morgan fingerprint density at radius 2 is 2.10 bits per heavy atom. The maximum atomic E-state index is 6.24. The van der Waals surface area contributed by atoms with Crippen molar-refractivity contribution in [2.45, 2.75) is 51.5 Å². The molecule has 0 bridgehead atoms. The van der Waals surface area contributed by atoms with E-state index in [0.717, 1.165) is 30.3 Å². The molecule has 1 atom stereocenters. The number of nitrogens with one attached hydrogen (secondary N) is 1. The number of likely N-dealkylation sites (N-methyl/N-ethyl adjacent to an activating group) is 1. The quantitative estimate of drug-likeness (QED) is 0.847. The third kappa shape index (κ3) is 2.91. The summed E-state index contributed by atoms with van der Waals surface area (Å²) in [5.41, 5.74) is 0.970. The topological polar surface area (TPSA) is 41.0 Å². The predicted molar refractivity (Wildman–Crippen MR) is 82.5 cm³/mol. The molecule has 1 aromatic heterocycles. The highest BCUT2D eigenvalue weighted by molar-refractivity contribution is 6.30. The summed E-state index contributed by atoms with van der Waals surface area (Å²) in [6.45, 7) is 7.53. The van der Waals surface area contributed by atoms with E-state index in [1.165, 1.54) is 32.2 Å². The minimum Gasteiger partial charge on any atom is -0.368 e. The lowest BCUT2D eigenvalue weighted by Gasteiger charge is -2.23. The fraction of sp³-hybridized carbons (Fsp3) is 0.733. The van der Waals surface area contributed by atoms with E-state index in [0.29, 0.717) is 17.1 Å². The molecule has 1 aliphatic carbocycles. The van der Waals surface area contributed by atoms with Gasteiger partial charge in [0.15, 0.2) is 0 Å². The zero-order valence-electron chi connectivity index (χ0n) is 12.3. The minimum absolute atomic E-state index is 0.535. The molecule has 0 amide bonds. The van der Waals surface area contributed by atoms with E-state index in [9.17, 15) is 0 Å². The minimum atomic E-state index is 0.535. The molecule has 2 heterocycles. The van der Waals surface area contributed by atoms with Crippen LogP contribution in [0.2, 0.25) is 5.15 Å². The van der Waals surface area contributed by atoms with Gasteiger partial charge in [-0.2, -0.15) is 0 Å². The van der Waals surface area contributed by atoms with Gasteiger partial charge in [0.05, 0.1) is 0 Å². The molecule has 1 aromatic rings. The Hall–Kier alpha value is -0.870. The summed E-state index contributed by atoms with van der Waals surface area (Å²) >= 11 is 6.24.